The van der Waals surface area contributed by atoms with Crippen LogP contribution in [0.3, 0.4) is 0 Å². The van der Waals surface area contributed by atoms with Crippen molar-refractivity contribution in [2.45, 2.75) is 25.9 Å². The van der Waals surface area contributed by atoms with Crippen molar-refractivity contribution in [3.8, 4) is 6.07 Å². The Balaban J connectivity index is 0.000000480. The van der Waals surface area contributed by atoms with Gasteiger partial charge in [-0.3, -0.25) is 0 Å². The number of aromatic nitrogens is 1. The van der Waals surface area contributed by atoms with Crippen LogP contribution >= 0.6 is 11.6 Å². The molecule has 156 valence electrons. The molecule has 1 aliphatic rings. The molecule has 0 amide bonds. The number of carbonyl (C=O) groups is 1. The lowest BCUT2D eigenvalue weighted by Crippen LogP contribution is -2.44. The number of hydrogen-bond acceptors (Lipinski definition) is 6. The Bertz CT molecular complexity index is 711. The zero-order valence-corrected chi connectivity index (χ0v) is 16.2. The molecule has 0 aromatic carbocycles. The lowest BCUT2D eigenvalue weighted by molar-refractivity contribution is -0.192. The number of methoxy groups -OCH3 is 1. The van der Waals surface area contributed by atoms with Crippen LogP contribution in [0.15, 0.2) is 6.07 Å². The smallest absolute Gasteiger partial charge is 0.475 e. The predicted octanol–water partition coefficient (Wildman–Crippen LogP) is 2.98. The largest absolute Gasteiger partial charge is 0.490 e. The fourth-order valence-corrected chi connectivity index (χ4v) is 2.94. The second-order valence-electron chi connectivity index (χ2n) is 6.40. The first kappa shape index (κ1) is 23.9. The van der Waals surface area contributed by atoms with Gasteiger partial charge in [-0.05, 0) is 38.9 Å². The van der Waals surface area contributed by atoms with Crippen LogP contribution < -0.4 is 10.6 Å². The minimum absolute atomic E-state index is 0.104. The number of aliphatic carboxylic acids is 1. The second-order valence-corrected chi connectivity index (χ2v) is 6.81. The molecule has 3 N–H and O–H groups in total. The quantitative estimate of drug-likeness (QED) is 0.669. The first-order valence-electron chi connectivity index (χ1n) is 8.35. The maximum Gasteiger partial charge on any atom is 0.490 e. The summed E-state index contributed by atoms with van der Waals surface area (Å²) in [5.41, 5.74) is 1.31. The Kier molecular flexibility index (Phi) is 8.94. The molecule has 2 rings (SSSR count). The summed E-state index contributed by atoms with van der Waals surface area (Å²) in [6.07, 6.45) is -2.97. The highest BCUT2D eigenvalue weighted by Crippen LogP contribution is 2.31. The predicted molar refractivity (Wildman–Crippen MR) is 97.3 cm³/mol. The van der Waals surface area contributed by atoms with E-state index in [1.807, 2.05) is 6.92 Å². The van der Waals surface area contributed by atoms with Crippen LogP contribution in [-0.2, 0) is 9.53 Å². The maximum atomic E-state index is 10.6. The number of carboxylic acids is 1. The third kappa shape index (κ3) is 7.14. The number of nitriles is 1. The highest BCUT2D eigenvalue weighted by molar-refractivity contribution is 6.33. The van der Waals surface area contributed by atoms with Crippen molar-refractivity contribution >= 4 is 23.4 Å². The Hall–Kier alpha value is -2.09. The average Bonchev–Trinajstić information content (AvgIpc) is 2.63. The van der Waals surface area contributed by atoms with Gasteiger partial charge in [-0.15, -0.1) is 0 Å². The number of nitrogens with zero attached hydrogens (tertiary/aromatic N) is 2. The maximum absolute atomic E-state index is 10.6. The SMILES string of the molecule is COCC1(CNc2nc(C)c(C#N)cc2Cl)CCNCC1.O=C(O)C(F)(F)F. The Labute approximate surface area is 165 Å². The van der Waals surface area contributed by atoms with E-state index < -0.39 is 12.1 Å². The van der Waals surface area contributed by atoms with E-state index in [0.717, 1.165) is 32.5 Å². The summed E-state index contributed by atoms with van der Waals surface area (Å²) in [7, 11) is 1.74. The molecule has 1 aromatic rings. The van der Waals surface area contributed by atoms with Crippen LogP contribution in [0.5, 0.6) is 0 Å². The van der Waals surface area contributed by atoms with Gasteiger partial charge in [-0.2, -0.15) is 18.4 Å². The number of pyridine rings is 1. The molecule has 1 fully saturated rings. The van der Waals surface area contributed by atoms with Gasteiger partial charge in [0.1, 0.15) is 11.9 Å². The van der Waals surface area contributed by atoms with E-state index in [-0.39, 0.29) is 5.41 Å². The molecule has 0 bridgehead atoms. The van der Waals surface area contributed by atoms with Crippen molar-refractivity contribution in [2.75, 3.05) is 38.7 Å². The summed E-state index contributed by atoms with van der Waals surface area (Å²) in [5, 5.41) is 23.3. The van der Waals surface area contributed by atoms with Crippen LogP contribution in [0, 0.1) is 23.7 Å². The monoisotopic (exact) mass is 422 g/mol. The molecule has 1 aromatic heterocycles. The standard InChI is InChI=1S/C15H21ClN4O.C2HF3O2/c1-11-12(8-17)7-13(16)14(20-11)19-9-15(10-21-2)3-5-18-6-4-15;3-2(4,5)1(6)7/h7,18H,3-6,9-10H2,1-2H3,(H,19,20);(H,6,7). The molecular formula is C17H22ClF3N4O3. The molecule has 2 heterocycles. The minimum atomic E-state index is -5.08. The number of piperidine rings is 1. The summed E-state index contributed by atoms with van der Waals surface area (Å²) in [6.45, 7) is 5.29. The Morgan fingerprint density at radius 3 is 2.54 bits per heavy atom. The third-order valence-electron chi connectivity index (χ3n) is 4.28. The van der Waals surface area contributed by atoms with E-state index in [1.54, 1.807) is 13.2 Å². The van der Waals surface area contributed by atoms with E-state index in [2.05, 4.69) is 21.7 Å². The zero-order chi connectivity index (χ0) is 21.4. The molecule has 7 nitrogen and oxygen atoms in total. The number of nitrogens with one attached hydrogen (secondary N) is 2. The normalized spacial score (nSPS) is 15.8. The molecule has 0 radical (unpaired) electrons. The van der Waals surface area contributed by atoms with Crippen LogP contribution in [0.4, 0.5) is 19.0 Å². The lowest BCUT2D eigenvalue weighted by atomic mass is 9.79. The summed E-state index contributed by atoms with van der Waals surface area (Å²) in [6, 6.07) is 3.76. The van der Waals surface area contributed by atoms with E-state index in [4.69, 9.17) is 31.5 Å². The summed E-state index contributed by atoms with van der Waals surface area (Å²) >= 11 is 6.20. The van der Waals surface area contributed by atoms with Crippen LogP contribution in [-0.4, -0.2) is 55.6 Å². The van der Waals surface area contributed by atoms with Crippen molar-refractivity contribution < 1.29 is 27.8 Å². The van der Waals surface area contributed by atoms with Crippen LogP contribution in [0.1, 0.15) is 24.1 Å². The molecule has 0 aliphatic carbocycles. The minimum Gasteiger partial charge on any atom is -0.475 e. The molecule has 0 atom stereocenters. The number of carboxylic acid groups (broad SMARTS) is 1. The van der Waals surface area contributed by atoms with Crippen molar-refractivity contribution in [2.24, 2.45) is 5.41 Å². The van der Waals surface area contributed by atoms with Gasteiger partial charge >= 0.3 is 12.1 Å². The van der Waals surface area contributed by atoms with Crippen molar-refractivity contribution in [1.29, 1.82) is 5.26 Å². The van der Waals surface area contributed by atoms with Crippen LogP contribution in [0.2, 0.25) is 5.02 Å². The summed E-state index contributed by atoms with van der Waals surface area (Å²) in [5.74, 6) is -2.12. The van der Waals surface area contributed by atoms with Gasteiger partial charge in [0.05, 0.1) is 22.9 Å². The molecule has 1 saturated heterocycles. The molecule has 0 unspecified atom stereocenters. The first-order valence-corrected chi connectivity index (χ1v) is 8.73. The van der Waals surface area contributed by atoms with Gasteiger partial charge in [-0.1, -0.05) is 11.6 Å². The van der Waals surface area contributed by atoms with Gasteiger partial charge < -0.3 is 20.5 Å². The second kappa shape index (κ2) is 10.5. The Morgan fingerprint density at radius 1 is 1.50 bits per heavy atom. The molecule has 0 spiro atoms. The topological polar surface area (TPSA) is 107 Å². The van der Waals surface area contributed by atoms with Crippen molar-refractivity contribution in [1.82, 2.24) is 10.3 Å². The summed E-state index contributed by atoms with van der Waals surface area (Å²) in [4.78, 5) is 13.3. The van der Waals surface area contributed by atoms with Gasteiger partial charge in [0.15, 0.2) is 0 Å². The van der Waals surface area contributed by atoms with Crippen LogP contribution in [0.25, 0.3) is 0 Å². The molecule has 1 aliphatic heterocycles. The Morgan fingerprint density at radius 2 is 2.07 bits per heavy atom. The highest BCUT2D eigenvalue weighted by atomic mass is 35.5. The first-order chi connectivity index (χ1) is 13.0. The number of halogens is 4. The van der Waals surface area contributed by atoms with E-state index >= 15 is 0 Å². The molecule has 11 heteroatoms. The number of hydrogen-bond donors (Lipinski definition) is 3. The van der Waals surface area contributed by atoms with Crippen molar-refractivity contribution in [3.05, 3.63) is 22.3 Å². The number of alkyl halides is 3. The van der Waals surface area contributed by atoms with E-state index in [9.17, 15) is 13.2 Å². The number of ether oxygens (including phenoxy) is 1. The third-order valence-corrected chi connectivity index (χ3v) is 4.56. The fourth-order valence-electron chi connectivity index (χ4n) is 2.72. The highest BCUT2D eigenvalue weighted by Gasteiger charge is 2.38. The number of rotatable bonds is 5. The fraction of sp³-hybridized carbons (Fsp3) is 0.588. The van der Waals surface area contributed by atoms with Crippen molar-refractivity contribution in [3.63, 3.8) is 0 Å². The molecular weight excluding hydrogens is 401 g/mol. The van der Waals surface area contributed by atoms with E-state index in [1.165, 1.54) is 0 Å². The zero-order valence-electron chi connectivity index (χ0n) is 15.5. The van der Waals surface area contributed by atoms with Gasteiger partial charge in [0.25, 0.3) is 0 Å². The van der Waals surface area contributed by atoms with Gasteiger partial charge in [0, 0.05) is 19.1 Å². The number of aryl methyl sites for hydroxylation is 1. The molecule has 0 saturated carbocycles. The van der Waals surface area contributed by atoms with Gasteiger partial charge in [0.2, 0.25) is 0 Å². The number of anilines is 1. The molecule has 28 heavy (non-hydrogen) atoms. The average molecular weight is 423 g/mol. The summed E-state index contributed by atoms with van der Waals surface area (Å²) < 4.78 is 37.1. The van der Waals surface area contributed by atoms with E-state index in [0.29, 0.717) is 28.7 Å². The lowest BCUT2D eigenvalue weighted by Gasteiger charge is -2.37. The van der Waals surface area contributed by atoms with Gasteiger partial charge in [-0.25, -0.2) is 9.78 Å².